The maximum Gasteiger partial charge on any atom is 0.303 e. The summed E-state index contributed by atoms with van der Waals surface area (Å²) in [6, 6.07) is 0.268. The standard InChI is InChI=1S/C11H20N2O3/c1-8(2-3-10(14)15)13-6-4-9(5-7-13)11(12)16/h8-9H,2-7H2,1H3,(H2,12,16)(H,14,15). The Morgan fingerprint density at radius 3 is 2.44 bits per heavy atom. The molecule has 1 saturated heterocycles. The second kappa shape index (κ2) is 5.84. The van der Waals surface area contributed by atoms with E-state index in [0.29, 0.717) is 6.42 Å². The Kier molecular flexibility index (Phi) is 4.73. The lowest BCUT2D eigenvalue weighted by atomic mass is 9.95. The normalized spacial score (nSPS) is 20.6. The minimum atomic E-state index is -0.751. The SMILES string of the molecule is CC(CCC(=O)O)N1CCC(C(N)=O)CC1. The summed E-state index contributed by atoms with van der Waals surface area (Å²) in [6.45, 7) is 3.72. The van der Waals surface area contributed by atoms with Gasteiger partial charge in [0.15, 0.2) is 0 Å². The van der Waals surface area contributed by atoms with Crippen molar-refractivity contribution < 1.29 is 14.7 Å². The van der Waals surface area contributed by atoms with Crippen LogP contribution in [0.2, 0.25) is 0 Å². The first-order valence-electron chi connectivity index (χ1n) is 5.76. The molecule has 0 aliphatic carbocycles. The van der Waals surface area contributed by atoms with Gasteiger partial charge in [-0.15, -0.1) is 0 Å². The van der Waals surface area contributed by atoms with Crippen LogP contribution in [0.15, 0.2) is 0 Å². The van der Waals surface area contributed by atoms with Crippen molar-refractivity contribution in [2.75, 3.05) is 13.1 Å². The molecule has 1 atom stereocenters. The first-order chi connectivity index (χ1) is 7.50. The van der Waals surface area contributed by atoms with Crippen LogP contribution in [0.25, 0.3) is 0 Å². The summed E-state index contributed by atoms with van der Waals surface area (Å²) < 4.78 is 0. The smallest absolute Gasteiger partial charge is 0.303 e. The van der Waals surface area contributed by atoms with E-state index in [1.165, 1.54) is 0 Å². The van der Waals surface area contributed by atoms with Gasteiger partial charge < -0.3 is 15.7 Å². The highest BCUT2D eigenvalue weighted by Crippen LogP contribution is 2.20. The predicted octanol–water partition coefficient (Wildman–Crippen LogP) is 0.437. The molecule has 1 aliphatic heterocycles. The van der Waals surface area contributed by atoms with E-state index in [2.05, 4.69) is 4.90 Å². The summed E-state index contributed by atoms with van der Waals surface area (Å²) in [5.41, 5.74) is 5.25. The summed E-state index contributed by atoms with van der Waals surface area (Å²) in [7, 11) is 0. The fourth-order valence-corrected chi connectivity index (χ4v) is 2.14. The Morgan fingerprint density at radius 1 is 1.44 bits per heavy atom. The van der Waals surface area contributed by atoms with Gasteiger partial charge >= 0.3 is 5.97 Å². The molecule has 1 fully saturated rings. The van der Waals surface area contributed by atoms with E-state index in [1.807, 2.05) is 6.92 Å². The monoisotopic (exact) mass is 228 g/mol. The molecule has 1 amide bonds. The number of rotatable bonds is 5. The third-order valence-corrected chi connectivity index (χ3v) is 3.33. The van der Waals surface area contributed by atoms with E-state index in [4.69, 9.17) is 10.8 Å². The summed E-state index contributed by atoms with van der Waals surface area (Å²) in [5, 5.41) is 8.60. The number of hydrogen-bond donors (Lipinski definition) is 2. The van der Waals surface area contributed by atoms with Crippen molar-refractivity contribution in [1.29, 1.82) is 0 Å². The largest absolute Gasteiger partial charge is 0.481 e. The van der Waals surface area contributed by atoms with Crippen LogP contribution in [0.4, 0.5) is 0 Å². The zero-order valence-corrected chi connectivity index (χ0v) is 9.69. The van der Waals surface area contributed by atoms with Crippen LogP contribution in [0.5, 0.6) is 0 Å². The Labute approximate surface area is 95.6 Å². The number of carboxylic acid groups (broad SMARTS) is 1. The van der Waals surface area contributed by atoms with Crippen molar-refractivity contribution in [2.45, 2.75) is 38.6 Å². The third-order valence-electron chi connectivity index (χ3n) is 3.33. The maximum absolute atomic E-state index is 11.0. The molecule has 5 heteroatoms. The first kappa shape index (κ1) is 13.0. The quantitative estimate of drug-likeness (QED) is 0.715. The van der Waals surface area contributed by atoms with Crippen LogP contribution in [0.3, 0.4) is 0 Å². The van der Waals surface area contributed by atoms with Crippen LogP contribution in [-0.2, 0) is 9.59 Å². The fourth-order valence-electron chi connectivity index (χ4n) is 2.14. The van der Waals surface area contributed by atoms with E-state index in [1.54, 1.807) is 0 Å². The van der Waals surface area contributed by atoms with Crippen molar-refractivity contribution in [1.82, 2.24) is 4.90 Å². The summed E-state index contributed by atoms with van der Waals surface area (Å²) >= 11 is 0. The number of primary amides is 1. The molecule has 1 rings (SSSR count). The van der Waals surface area contributed by atoms with Gasteiger partial charge in [0.25, 0.3) is 0 Å². The number of hydrogen-bond acceptors (Lipinski definition) is 3. The zero-order valence-electron chi connectivity index (χ0n) is 9.69. The number of carboxylic acids is 1. The Balaban J connectivity index is 2.30. The molecule has 1 aliphatic rings. The van der Waals surface area contributed by atoms with E-state index in [-0.39, 0.29) is 24.3 Å². The lowest BCUT2D eigenvalue weighted by molar-refractivity contribution is -0.137. The third kappa shape index (κ3) is 3.81. The molecule has 3 N–H and O–H groups in total. The molecule has 0 spiro atoms. The molecule has 5 nitrogen and oxygen atoms in total. The van der Waals surface area contributed by atoms with Crippen molar-refractivity contribution in [3.8, 4) is 0 Å². The minimum Gasteiger partial charge on any atom is -0.481 e. The summed E-state index contributed by atoms with van der Waals surface area (Å²) in [6.07, 6.45) is 2.47. The van der Waals surface area contributed by atoms with Crippen LogP contribution >= 0.6 is 0 Å². The molecule has 0 bridgehead atoms. The molecule has 0 saturated carbocycles. The highest BCUT2D eigenvalue weighted by molar-refractivity contribution is 5.76. The number of carbonyl (C=O) groups excluding carboxylic acids is 1. The van der Waals surface area contributed by atoms with Crippen LogP contribution < -0.4 is 5.73 Å². The number of piperidine rings is 1. The van der Waals surface area contributed by atoms with Crippen LogP contribution in [0.1, 0.15) is 32.6 Å². The molecule has 1 unspecified atom stereocenters. The molecule has 0 aromatic carbocycles. The second-order valence-electron chi connectivity index (χ2n) is 4.49. The van der Waals surface area contributed by atoms with Gasteiger partial charge in [0.05, 0.1) is 0 Å². The van der Waals surface area contributed by atoms with Crippen molar-refractivity contribution >= 4 is 11.9 Å². The van der Waals surface area contributed by atoms with Gasteiger partial charge in [-0.1, -0.05) is 0 Å². The number of amides is 1. The van der Waals surface area contributed by atoms with E-state index in [9.17, 15) is 9.59 Å². The molecule has 0 aromatic heterocycles. The second-order valence-corrected chi connectivity index (χ2v) is 4.49. The van der Waals surface area contributed by atoms with Gasteiger partial charge in [0.2, 0.25) is 5.91 Å². The minimum absolute atomic E-state index is 0.00271. The molecule has 92 valence electrons. The fraction of sp³-hybridized carbons (Fsp3) is 0.818. The maximum atomic E-state index is 11.0. The molecule has 16 heavy (non-hydrogen) atoms. The first-order valence-corrected chi connectivity index (χ1v) is 5.76. The summed E-state index contributed by atoms with van der Waals surface area (Å²) in [5.74, 6) is -0.959. The van der Waals surface area contributed by atoms with Gasteiger partial charge in [-0.2, -0.15) is 0 Å². The highest BCUT2D eigenvalue weighted by atomic mass is 16.4. The van der Waals surface area contributed by atoms with Gasteiger partial charge in [-0.3, -0.25) is 9.59 Å². The van der Waals surface area contributed by atoms with E-state index in [0.717, 1.165) is 25.9 Å². The Hall–Kier alpha value is -1.10. The number of likely N-dealkylation sites (tertiary alicyclic amines) is 1. The van der Waals surface area contributed by atoms with Crippen LogP contribution in [-0.4, -0.2) is 41.0 Å². The van der Waals surface area contributed by atoms with Crippen molar-refractivity contribution in [2.24, 2.45) is 11.7 Å². The van der Waals surface area contributed by atoms with Crippen molar-refractivity contribution in [3.05, 3.63) is 0 Å². The Bertz CT molecular complexity index is 260. The van der Waals surface area contributed by atoms with Gasteiger partial charge in [0.1, 0.15) is 0 Å². The molecular formula is C11H20N2O3. The number of aliphatic carboxylic acids is 1. The van der Waals surface area contributed by atoms with Gasteiger partial charge in [-0.25, -0.2) is 0 Å². The predicted molar refractivity (Wildman–Crippen MR) is 59.8 cm³/mol. The molecule has 1 heterocycles. The Morgan fingerprint density at radius 2 is 2.00 bits per heavy atom. The van der Waals surface area contributed by atoms with Crippen molar-refractivity contribution in [3.63, 3.8) is 0 Å². The molecule has 0 aromatic rings. The van der Waals surface area contributed by atoms with Crippen LogP contribution in [0, 0.1) is 5.92 Å². The zero-order chi connectivity index (χ0) is 12.1. The number of carbonyl (C=O) groups is 2. The van der Waals surface area contributed by atoms with E-state index < -0.39 is 5.97 Å². The topological polar surface area (TPSA) is 83.6 Å². The highest BCUT2D eigenvalue weighted by Gasteiger charge is 2.25. The number of nitrogens with zero attached hydrogens (tertiary/aromatic N) is 1. The molecular weight excluding hydrogens is 208 g/mol. The number of nitrogens with two attached hydrogens (primary N) is 1. The lowest BCUT2D eigenvalue weighted by Gasteiger charge is -2.34. The van der Waals surface area contributed by atoms with E-state index >= 15 is 0 Å². The summed E-state index contributed by atoms with van der Waals surface area (Å²) in [4.78, 5) is 23.7. The average molecular weight is 228 g/mol. The lowest BCUT2D eigenvalue weighted by Crippen LogP contribution is -2.43. The molecule has 0 radical (unpaired) electrons. The average Bonchev–Trinajstić information content (AvgIpc) is 2.26. The van der Waals surface area contributed by atoms with Gasteiger partial charge in [0, 0.05) is 18.4 Å². The van der Waals surface area contributed by atoms with Gasteiger partial charge in [-0.05, 0) is 39.3 Å².